The third kappa shape index (κ3) is 4.81. The van der Waals surface area contributed by atoms with Crippen LogP contribution in [0.5, 0.6) is 5.75 Å². The van der Waals surface area contributed by atoms with E-state index in [-0.39, 0.29) is 5.91 Å². The van der Waals surface area contributed by atoms with E-state index in [9.17, 15) is 4.79 Å². The molecule has 0 saturated heterocycles. The summed E-state index contributed by atoms with van der Waals surface area (Å²) in [6.07, 6.45) is 2.77. The number of ether oxygens (including phenoxy) is 1. The van der Waals surface area contributed by atoms with Crippen molar-refractivity contribution in [2.75, 3.05) is 12.4 Å². The normalized spacial score (nSPS) is 10.5. The minimum atomic E-state index is -0.0937. The Morgan fingerprint density at radius 3 is 2.68 bits per heavy atom. The van der Waals surface area contributed by atoms with Gasteiger partial charge in [-0.15, -0.1) is 11.3 Å². The summed E-state index contributed by atoms with van der Waals surface area (Å²) < 4.78 is 5.11. The van der Waals surface area contributed by atoms with Crippen LogP contribution in [-0.4, -0.2) is 18.0 Å². The maximum absolute atomic E-state index is 12.2. The zero-order chi connectivity index (χ0) is 17.6. The molecule has 3 aromatic rings. The lowest BCUT2D eigenvalue weighted by Crippen LogP contribution is -2.14. The van der Waals surface area contributed by atoms with Crippen molar-refractivity contribution in [3.05, 3.63) is 75.8 Å². The number of amides is 1. The third-order valence-electron chi connectivity index (χ3n) is 3.65. The van der Waals surface area contributed by atoms with Gasteiger partial charge in [-0.3, -0.25) is 4.79 Å². The molecule has 0 radical (unpaired) electrons. The first-order valence-electron chi connectivity index (χ1n) is 7.75. The standard InChI is InChI=1S/C19H17ClN2O2S/c1-24-15-8-6-13(7-9-15)10-18(23)22-19-21-12-16(25-19)11-14-4-2-3-5-17(14)20/h2-9,12H,10-11H2,1H3,(H,21,22,23). The Hall–Kier alpha value is -2.37. The molecule has 25 heavy (non-hydrogen) atoms. The molecule has 0 aliphatic rings. The van der Waals surface area contributed by atoms with E-state index in [1.54, 1.807) is 13.3 Å². The number of carbonyl (C=O) groups is 1. The highest BCUT2D eigenvalue weighted by Crippen LogP contribution is 2.24. The van der Waals surface area contributed by atoms with Crippen molar-refractivity contribution in [2.45, 2.75) is 12.8 Å². The van der Waals surface area contributed by atoms with Crippen LogP contribution in [0.1, 0.15) is 16.0 Å². The number of carbonyl (C=O) groups excluding carboxylic acids is 1. The minimum absolute atomic E-state index is 0.0937. The van der Waals surface area contributed by atoms with Crippen molar-refractivity contribution in [1.29, 1.82) is 0 Å². The van der Waals surface area contributed by atoms with Crippen LogP contribution >= 0.6 is 22.9 Å². The average Bonchev–Trinajstić information content (AvgIpc) is 3.04. The van der Waals surface area contributed by atoms with E-state index in [4.69, 9.17) is 16.3 Å². The number of rotatable bonds is 6. The molecule has 0 bridgehead atoms. The molecule has 0 fully saturated rings. The zero-order valence-electron chi connectivity index (χ0n) is 13.7. The number of nitrogens with one attached hydrogen (secondary N) is 1. The quantitative estimate of drug-likeness (QED) is 0.689. The van der Waals surface area contributed by atoms with E-state index in [1.165, 1.54) is 11.3 Å². The molecule has 1 amide bonds. The third-order valence-corrected chi connectivity index (χ3v) is 4.93. The lowest BCUT2D eigenvalue weighted by Gasteiger charge is -2.04. The fourth-order valence-electron chi connectivity index (χ4n) is 2.37. The number of benzene rings is 2. The number of thiazole rings is 1. The summed E-state index contributed by atoms with van der Waals surface area (Å²) in [6, 6.07) is 15.2. The zero-order valence-corrected chi connectivity index (χ0v) is 15.2. The van der Waals surface area contributed by atoms with Gasteiger partial charge in [0, 0.05) is 22.5 Å². The molecule has 0 aliphatic carbocycles. The number of nitrogens with zero attached hydrogens (tertiary/aromatic N) is 1. The van der Waals surface area contributed by atoms with Crippen LogP contribution < -0.4 is 10.1 Å². The van der Waals surface area contributed by atoms with E-state index in [0.29, 0.717) is 18.0 Å². The van der Waals surface area contributed by atoms with Gasteiger partial charge in [0.1, 0.15) is 5.75 Å². The highest BCUT2D eigenvalue weighted by atomic mass is 35.5. The van der Waals surface area contributed by atoms with Crippen LogP contribution in [0.3, 0.4) is 0 Å². The summed E-state index contributed by atoms with van der Waals surface area (Å²) >= 11 is 7.64. The highest BCUT2D eigenvalue weighted by molar-refractivity contribution is 7.15. The average molecular weight is 373 g/mol. The Morgan fingerprint density at radius 1 is 1.20 bits per heavy atom. The molecule has 4 nitrogen and oxygen atoms in total. The predicted molar refractivity (Wildman–Crippen MR) is 102 cm³/mol. The second kappa shape index (κ2) is 8.14. The summed E-state index contributed by atoms with van der Waals surface area (Å²) in [5.74, 6) is 0.678. The van der Waals surface area contributed by atoms with Gasteiger partial charge in [-0.1, -0.05) is 41.9 Å². The molecular formula is C19H17ClN2O2S. The summed E-state index contributed by atoms with van der Waals surface area (Å²) in [7, 11) is 1.62. The molecular weight excluding hydrogens is 356 g/mol. The molecule has 6 heteroatoms. The first-order chi connectivity index (χ1) is 12.1. The van der Waals surface area contributed by atoms with Gasteiger partial charge in [0.15, 0.2) is 5.13 Å². The summed E-state index contributed by atoms with van der Waals surface area (Å²) in [5.41, 5.74) is 1.97. The summed E-state index contributed by atoms with van der Waals surface area (Å²) in [6.45, 7) is 0. The molecule has 0 saturated carbocycles. The Morgan fingerprint density at radius 2 is 1.96 bits per heavy atom. The van der Waals surface area contributed by atoms with Crippen LogP contribution in [-0.2, 0) is 17.6 Å². The lowest BCUT2D eigenvalue weighted by molar-refractivity contribution is -0.115. The number of hydrogen-bond acceptors (Lipinski definition) is 4. The number of aromatic nitrogens is 1. The van der Waals surface area contributed by atoms with Gasteiger partial charge in [-0.05, 0) is 29.3 Å². The maximum Gasteiger partial charge on any atom is 0.230 e. The molecule has 1 heterocycles. The van der Waals surface area contributed by atoms with Gasteiger partial charge in [-0.2, -0.15) is 0 Å². The van der Waals surface area contributed by atoms with Crippen LogP contribution in [0.4, 0.5) is 5.13 Å². The van der Waals surface area contributed by atoms with Crippen molar-refractivity contribution < 1.29 is 9.53 Å². The van der Waals surface area contributed by atoms with Crippen molar-refractivity contribution in [3.8, 4) is 5.75 Å². The van der Waals surface area contributed by atoms with Gasteiger partial charge < -0.3 is 10.1 Å². The predicted octanol–water partition coefficient (Wildman–Crippen LogP) is 4.58. The molecule has 128 valence electrons. The Bertz CT molecular complexity index is 862. The van der Waals surface area contributed by atoms with Gasteiger partial charge in [-0.25, -0.2) is 4.98 Å². The van der Waals surface area contributed by atoms with Crippen LogP contribution in [0, 0.1) is 0 Å². The topological polar surface area (TPSA) is 51.2 Å². The second-order valence-electron chi connectivity index (χ2n) is 5.47. The van der Waals surface area contributed by atoms with E-state index in [2.05, 4.69) is 10.3 Å². The van der Waals surface area contributed by atoms with E-state index in [0.717, 1.165) is 26.8 Å². The molecule has 1 N–H and O–H groups in total. The highest BCUT2D eigenvalue weighted by Gasteiger charge is 2.09. The van der Waals surface area contributed by atoms with Crippen molar-refractivity contribution in [3.63, 3.8) is 0 Å². The van der Waals surface area contributed by atoms with E-state index >= 15 is 0 Å². The SMILES string of the molecule is COc1ccc(CC(=O)Nc2ncc(Cc3ccccc3Cl)s2)cc1. The Balaban J connectivity index is 1.58. The molecule has 0 unspecified atom stereocenters. The van der Waals surface area contributed by atoms with Crippen LogP contribution in [0.2, 0.25) is 5.02 Å². The Labute approximate surface area is 155 Å². The summed E-state index contributed by atoms with van der Waals surface area (Å²) in [5, 5.41) is 4.18. The smallest absolute Gasteiger partial charge is 0.230 e. The largest absolute Gasteiger partial charge is 0.497 e. The van der Waals surface area contributed by atoms with Crippen LogP contribution in [0.25, 0.3) is 0 Å². The fourth-order valence-corrected chi connectivity index (χ4v) is 3.42. The van der Waals surface area contributed by atoms with Gasteiger partial charge >= 0.3 is 0 Å². The second-order valence-corrected chi connectivity index (χ2v) is 7.00. The van der Waals surface area contributed by atoms with Gasteiger partial charge in [0.2, 0.25) is 5.91 Å². The first kappa shape index (κ1) is 17.5. The van der Waals surface area contributed by atoms with Gasteiger partial charge in [0.25, 0.3) is 0 Å². The first-order valence-corrected chi connectivity index (χ1v) is 8.94. The lowest BCUT2D eigenvalue weighted by atomic mass is 10.1. The van der Waals surface area contributed by atoms with Crippen molar-refractivity contribution >= 4 is 34.0 Å². The molecule has 0 aliphatic heterocycles. The van der Waals surface area contributed by atoms with Crippen LogP contribution in [0.15, 0.2) is 54.7 Å². The summed E-state index contributed by atoms with van der Waals surface area (Å²) in [4.78, 5) is 17.5. The molecule has 2 aromatic carbocycles. The van der Waals surface area contributed by atoms with Crippen molar-refractivity contribution in [2.24, 2.45) is 0 Å². The van der Waals surface area contributed by atoms with E-state index < -0.39 is 0 Å². The number of anilines is 1. The molecule has 0 spiro atoms. The minimum Gasteiger partial charge on any atom is -0.497 e. The van der Waals surface area contributed by atoms with E-state index in [1.807, 2.05) is 48.5 Å². The monoisotopic (exact) mass is 372 g/mol. The Kier molecular flexibility index (Phi) is 5.68. The molecule has 0 atom stereocenters. The molecule has 1 aromatic heterocycles. The number of halogens is 1. The maximum atomic E-state index is 12.2. The number of hydrogen-bond donors (Lipinski definition) is 1. The fraction of sp³-hybridized carbons (Fsp3) is 0.158. The van der Waals surface area contributed by atoms with Gasteiger partial charge in [0.05, 0.1) is 13.5 Å². The molecule has 3 rings (SSSR count). The van der Waals surface area contributed by atoms with Crippen molar-refractivity contribution in [1.82, 2.24) is 4.98 Å². The number of methoxy groups -OCH3 is 1.